The molecule has 1 aliphatic rings. The van der Waals surface area contributed by atoms with Crippen molar-refractivity contribution in [1.82, 2.24) is 10.2 Å². The third-order valence-electron chi connectivity index (χ3n) is 4.88. The number of anilines is 2. The highest BCUT2D eigenvalue weighted by atomic mass is 19.1. The van der Waals surface area contributed by atoms with E-state index < -0.39 is 23.4 Å². The second-order valence-electron chi connectivity index (χ2n) is 6.97. The first kappa shape index (κ1) is 21.6. The van der Waals surface area contributed by atoms with Gasteiger partial charge in [0.05, 0.1) is 11.4 Å². The number of nitrogens with one attached hydrogen (secondary N) is 2. The van der Waals surface area contributed by atoms with Crippen LogP contribution < -0.4 is 15.5 Å². The van der Waals surface area contributed by atoms with Gasteiger partial charge in [0.1, 0.15) is 17.5 Å². The Morgan fingerprint density at radius 3 is 2.37 bits per heavy atom. The summed E-state index contributed by atoms with van der Waals surface area (Å²) in [6.07, 6.45) is 0.618. The van der Waals surface area contributed by atoms with Crippen molar-refractivity contribution in [3.05, 3.63) is 59.9 Å². The Morgan fingerprint density at radius 1 is 0.900 bits per heavy atom. The van der Waals surface area contributed by atoms with Crippen LogP contribution in [0.15, 0.2) is 42.5 Å². The summed E-state index contributed by atoms with van der Waals surface area (Å²) in [7, 11) is 0. The van der Waals surface area contributed by atoms with Crippen LogP contribution in [0.4, 0.5) is 24.5 Å². The van der Waals surface area contributed by atoms with E-state index in [9.17, 15) is 22.8 Å². The van der Waals surface area contributed by atoms with E-state index in [1.165, 1.54) is 6.07 Å². The summed E-state index contributed by atoms with van der Waals surface area (Å²) in [5.74, 6) is -3.75. The molecule has 0 radical (unpaired) electrons. The van der Waals surface area contributed by atoms with Gasteiger partial charge in [-0.2, -0.15) is 0 Å². The Labute approximate surface area is 172 Å². The largest absolute Gasteiger partial charge is 0.367 e. The summed E-state index contributed by atoms with van der Waals surface area (Å²) in [4.78, 5) is 27.8. The molecule has 1 saturated heterocycles. The van der Waals surface area contributed by atoms with Gasteiger partial charge in [0.2, 0.25) is 0 Å². The molecule has 1 heterocycles. The van der Waals surface area contributed by atoms with E-state index in [2.05, 4.69) is 15.5 Å². The Balaban J connectivity index is 1.35. The van der Waals surface area contributed by atoms with E-state index in [0.29, 0.717) is 31.7 Å². The summed E-state index contributed by atoms with van der Waals surface area (Å²) < 4.78 is 40.5. The maximum atomic E-state index is 13.9. The molecule has 2 N–H and O–H groups in total. The van der Waals surface area contributed by atoms with Crippen molar-refractivity contribution in [1.29, 1.82) is 0 Å². The fraction of sp³-hybridized carbons (Fsp3) is 0.333. The molecule has 0 aromatic heterocycles. The van der Waals surface area contributed by atoms with Crippen LogP contribution in [0.2, 0.25) is 0 Å². The first-order chi connectivity index (χ1) is 14.4. The standard InChI is InChI=1S/C21H23F3N4O2/c22-15-6-7-16(23)18(14-15)26-21(30)20(29)25-8-3-9-27-10-12-28(13-11-27)19-5-2-1-4-17(19)24/h1-2,4-7,14H,3,8-13H2,(H,25,29)(H,26,30). The van der Waals surface area contributed by atoms with Crippen LogP contribution >= 0.6 is 0 Å². The zero-order valence-corrected chi connectivity index (χ0v) is 16.3. The number of nitrogens with zero attached hydrogens (tertiary/aromatic N) is 2. The minimum Gasteiger partial charge on any atom is -0.367 e. The van der Waals surface area contributed by atoms with Gasteiger partial charge in [0.25, 0.3) is 0 Å². The monoisotopic (exact) mass is 420 g/mol. The predicted molar refractivity (Wildman–Crippen MR) is 108 cm³/mol. The third kappa shape index (κ3) is 5.73. The molecule has 2 aromatic rings. The Morgan fingerprint density at radius 2 is 1.63 bits per heavy atom. The molecular formula is C21H23F3N4O2. The quantitative estimate of drug-likeness (QED) is 0.556. The zero-order chi connectivity index (χ0) is 21.5. The van der Waals surface area contributed by atoms with Crippen LogP contribution in [0.5, 0.6) is 0 Å². The molecule has 0 atom stereocenters. The van der Waals surface area contributed by atoms with Gasteiger partial charge < -0.3 is 15.5 Å². The van der Waals surface area contributed by atoms with Gasteiger partial charge in [-0.05, 0) is 37.2 Å². The fourth-order valence-corrected chi connectivity index (χ4v) is 3.28. The van der Waals surface area contributed by atoms with Gasteiger partial charge in [-0.25, -0.2) is 13.2 Å². The van der Waals surface area contributed by atoms with Crippen molar-refractivity contribution < 1.29 is 22.8 Å². The van der Waals surface area contributed by atoms with Crippen molar-refractivity contribution in [2.24, 2.45) is 0 Å². The average Bonchev–Trinajstić information content (AvgIpc) is 2.74. The SMILES string of the molecule is O=C(NCCCN1CCN(c2ccccc2F)CC1)C(=O)Nc1cc(F)ccc1F. The van der Waals surface area contributed by atoms with E-state index in [-0.39, 0.29) is 18.0 Å². The number of halogens is 3. The van der Waals surface area contributed by atoms with Crippen LogP contribution in [-0.4, -0.2) is 56.0 Å². The van der Waals surface area contributed by atoms with Crippen LogP contribution in [-0.2, 0) is 9.59 Å². The van der Waals surface area contributed by atoms with E-state index in [1.54, 1.807) is 12.1 Å². The number of carbonyl (C=O) groups excluding carboxylic acids is 2. The number of carbonyl (C=O) groups is 2. The van der Waals surface area contributed by atoms with Crippen LogP contribution in [0.1, 0.15) is 6.42 Å². The molecule has 0 spiro atoms. The maximum Gasteiger partial charge on any atom is 0.313 e. The van der Waals surface area contributed by atoms with Gasteiger partial charge in [0, 0.05) is 38.8 Å². The van der Waals surface area contributed by atoms with Gasteiger partial charge in [-0.15, -0.1) is 0 Å². The molecule has 9 heteroatoms. The van der Waals surface area contributed by atoms with Gasteiger partial charge >= 0.3 is 11.8 Å². The highest BCUT2D eigenvalue weighted by Crippen LogP contribution is 2.20. The number of rotatable bonds is 6. The van der Waals surface area contributed by atoms with Gasteiger partial charge in [-0.1, -0.05) is 12.1 Å². The number of amides is 2. The summed E-state index contributed by atoms with van der Waals surface area (Å²) >= 11 is 0. The first-order valence-corrected chi connectivity index (χ1v) is 9.70. The smallest absolute Gasteiger partial charge is 0.313 e. The van der Waals surface area contributed by atoms with Crippen molar-refractivity contribution in [2.45, 2.75) is 6.42 Å². The molecular weight excluding hydrogens is 397 g/mol. The van der Waals surface area contributed by atoms with Crippen LogP contribution in [0, 0.1) is 17.5 Å². The first-order valence-electron chi connectivity index (χ1n) is 9.70. The van der Waals surface area contributed by atoms with Gasteiger partial charge in [0.15, 0.2) is 0 Å². The highest BCUT2D eigenvalue weighted by Gasteiger charge is 2.19. The molecule has 2 aromatic carbocycles. The van der Waals surface area contributed by atoms with E-state index in [0.717, 1.165) is 31.3 Å². The molecule has 160 valence electrons. The highest BCUT2D eigenvalue weighted by molar-refractivity contribution is 6.39. The number of hydrogen-bond donors (Lipinski definition) is 2. The molecule has 0 aliphatic carbocycles. The molecule has 1 aliphatic heterocycles. The number of hydrogen-bond acceptors (Lipinski definition) is 4. The molecule has 0 saturated carbocycles. The molecule has 0 unspecified atom stereocenters. The lowest BCUT2D eigenvalue weighted by atomic mass is 10.2. The maximum absolute atomic E-state index is 13.9. The van der Waals surface area contributed by atoms with Gasteiger partial charge in [-0.3, -0.25) is 14.5 Å². The third-order valence-corrected chi connectivity index (χ3v) is 4.88. The number of para-hydroxylation sites is 1. The topological polar surface area (TPSA) is 64.7 Å². The summed E-state index contributed by atoms with van der Waals surface area (Å²) in [6, 6.07) is 9.28. The van der Waals surface area contributed by atoms with Crippen molar-refractivity contribution >= 4 is 23.2 Å². The normalized spacial score (nSPS) is 14.4. The summed E-state index contributed by atoms with van der Waals surface area (Å²) in [5.41, 5.74) is 0.216. The molecule has 3 rings (SSSR count). The van der Waals surface area contributed by atoms with Crippen LogP contribution in [0.25, 0.3) is 0 Å². The van der Waals surface area contributed by atoms with Crippen LogP contribution in [0.3, 0.4) is 0 Å². The van der Waals surface area contributed by atoms with E-state index in [1.807, 2.05) is 11.0 Å². The predicted octanol–water partition coefficient (Wildman–Crippen LogP) is 2.37. The second-order valence-corrected chi connectivity index (χ2v) is 6.97. The number of benzene rings is 2. The van der Waals surface area contributed by atoms with Crippen molar-refractivity contribution in [3.63, 3.8) is 0 Å². The van der Waals surface area contributed by atoms with Crippen molar-refractivity contribution in [2.75, 3.05) is 49.5 Å². The summed E-state index contributed by atoms with van der Waals surface area (Å²) in [6.45, 7) is 3.92. The minimum absolute atomic E-state index is 0.231. The molecule has 30 heavy (non-hydrogen) atoms. The number of piperazine rings is 1. The van der Waals surface area contributed by atoms with Crippen molar-refractivity contribution in [3.8, 4) is 0 Å². The molecule has 1 fully saturated rings. The summed E-state index contributed by atoms with van der Waals surface area (Å²) in [5, 5.41) is 4.52. The Bertz CT molecular complexity index is 902. The second kappa shape index (κ2) is 10.1. The Hall–Kier alpha value is -3.07. The molecule has 0 bridgehead atoms. The Kier molecular flexibility index (Phi) is 7.29. The lowest BCUT2D eigenvalue weighted by Gasteiger charge is -2.36. The zero-order valence-electron chi connectivity index (χ0n) is 16.3. The molecule has 2 amide bonds. The van der Waals surface area contributed by atoms with E-state index >= 15 is 0 Å². The van der Waals surface area contributed by atoms with E-state index in [4.69, 9.17) is 0 Å². The minimum atomic E-state index is -1.06. The average molecular weight is 420 g/mol. The molecule has 6 nitrogen and oxygen atoms in total. The fourth-order valence-electron chi connectivity index (χ4n) is 3.28. The lowest BCUT2D eigenvalue weighted by molar-refractivity contribution is -0.136. The lowest BCUT2D eigenvalue weighted by Crippen LogP contribution is -2.47.